The largest absolute Gasteiger partial charge is 0.416 e. The molecule has 0 aliphatic carbocycles. The molecule has 1 amide bonds. The fraction of sp³-hybridized carbons (Fsp3) is 0.294. The predicted molar refractivity (Wildman–Crippen MR) is 88.8 cm³/mol. The van der Waals surface area contributed by atoms with Gasteiger partial charge in [-0.25, -0.2) is 0 Å². The highest BCUT2D eigenvalue weighted by Gasteiger charge is 2.32. The molecular weight excluding hydrogens is 355 g/mol. The van der Waals surface area contributed by atoms with Crippen LogP contribution in [0.4, 0.5) is 18.9 Å². The molecule has 1 fully saturated rings. The molecule has 0 saturated carbocycles. The molecule has 25 heavy (non-hydrogen) atoms. The van der Waals surface area contributed by atoms with Gasteiger partial charge in [-0.15, -0.1) is 0 Å². The minimum atomic E-state index is -4.42. The lowest BCUT2D eigenvalue weighted by Crippen LogP contribution is -2.49. The van der Waals surface area contributed by atoms with Crippen molar-refractivity contribution in [2.75, 3.05) is 31.1 Å². The van der Waals surface area contributed by atoms with Crippen LogP contribution in [0.2, 0.25) is 5.02 Å². The number of aromatic nitrogens is 1. The fourth-order valence-electron chi connectivity index (χ4n) is 2.75. The van der Waals surface area contributed by atoms with Crippen LogP contribution in [0, 0.1) is 0 Å². The number of amides is 1. The summed E-state index contributed by atoms with van der Waals surface area (Å²) in [4.78, 5) is 19.7. The third-order valence-corrected chi connectivity index (χ3v) is 4.41. The third-order valence-electron chi connectivity index (χ3n) is 4.09. The van der Waals surface area contributed by atoms with E-state index in [-0.39, 0.29) is 10.9 Å². The molecule has 2 aromatic rings. The number of nitrogens with zero attached hydrogens (tertiary/aromatic N) is 3. The summed E-state index contributed by atoms with van der Waals surface area (Å²) in [5, 5.41) is 0.264. The van der Waals surface area contributed by atoms with E-state index in [0.717, 1.165) is 12.1 Å². The quantitative estimate of drug-likeness (QED) is 0.809. The molecule has 1 aliphatic rings. The number of hydrogen-bond donors (Lipinski definition) is 0. The van der Waals surface area contributed by atoms with Gasteiger partial charge in [0.15, 0.2) is 0 Å². The van der Waals surface area contributed by atoms with Crippen molar-refractivity contribution in [3.8, 4) is 0 Å². The van der Waals surface area contributed by atoms with Crippen LogP contribution in [0.1, 0.15) is 15.9 Å². The smallest absolute Gasteiger partial charge is 0.367 e. The predicted octanol–water partition coefficient (Wildman–Crippen LogP) is 3.72. The van der Waals surface area contributed by atoms with Gasteiger partial charge in [0.1, 0.15) is 0 Å². The van der Waals surface area contributed by atoms with Crippen molar-refractivity contribution < 1.29 is 18.0 Å². The fourth-order valence-corrected chi connectivity index (χ4v) is 2.99. The van der Waals surface area contributed by atoms with Crippen molar-refractivity contribution in [3.05, 3.63) is 58.9 Å². The zero-order chi connectivity index (χ0) is 18.0. The first kappa shape index (κ1) is 17.5. The number of carbonyl (C=O) groups excluding carboxylic acids is 1. The van der Waals surface area contributed by atoms with Gasteiger partial charge in [0.2, 0.25) is 0 Å². The molecule has 8 heteroatoms. The molecule has 132 valence electrons. The van der Waals surface area contributed by atoms with Crippen molar-refractivity contribution >= 4 is 23.2 Å². The average molecular weight is 370 g/mol. The van der Waals surface area contributed by atoms with Gasteiger partial charge in [-0.3, -0.25) is 9.78 Å². The van der Waals surface area contributed by atoms with Gasteiger partial charge >= 0.3 is 6.18 Å². The number of rotatable bonds is 2. The number of pyridine rings is 1. The normalized spacial score (nSPS) is 15.4. The van der Waals surface area contributed by atoms with Crippen LogP contribution >= 0.6 is 11.6 Å². The highest BCUT2D eigenvalue weighted by Crippen LogP contribution is 2.35. The standard InChI is InChI=1S/C17H15ClF3N3O/c18-14-4-3-13(17(19,20)21)10-15(14)23-6-8-24(9-7-23)16(25)12-2-1-5-22-11-12/h1-5,10-11H,6-9H2. The molecule has 0 atom stereocenters. The van der Waals surface area contributed by atoms with Crippen LogP contribution in [0.15, 0.2) is 42.7 Å². The van der Waals surface area contributed by atoms with E-state index in [4.69, 9.17) is 11.6 Å². The van der Waals surface area contributed by atoms with Gasteiger partial charge in [0.05, 0.1) is 21.8 Å². The van der Waals surface area contributed by atoms with Gasteiger partial charge in [-0.05, 0) is 30.3 Å². The second-order valence-corrected chi connectivity index (χ2v) is 6.09. The van der Waals surface area contributed by atoms with Crippen LogP contribution < -0.4 is 4.90 Å². The molecule has 0 radical (unpaired) electrons. The Morgan fingerprint density at radius 1 is 1.12 bits per heavy atom. The van der Waals surface area contributed by atoms with Gasteiger partial charge in [0.25, 0.3) is 5.91 Å². The molecule has 1 aromatic carbocycles. The van der Waals surface area contributed by atoms with Gasteiger partial charge in [-0.2, -0.15) is 13.2 Å². The maximum absolute atomic E-state index is 12.9. The Bertz CT molecular complexity index is 759. The third kappa shape index (κ3) is 3.87. The molecule has 4 nitrogen and oxygen atoms in total. The van der Waals surface area contributed by atoms with E-state index in [1.807, 2.05) is 0 Å². The van der Waals surface area contributed by atoms with Crippen molar-refractivity contribution in [1.82, 2.24) is 9.88 Å². The van der Waals surface area contributed by atoms with E-state index in [2.05, 4.69) is 4.98 Å². The van der Waals surface area contributed by atoms with Crippen LogP contribution in [0.5, 0.6) is 0 Å². The second kappa shape index (κ2) is 6.92. The van der Waals surface area contributed by atoms with Gasteiger partial charge < -0.3 is 9.80 Å². The van der Waals surface area contributed by atoms with Crippen LogP contribution in [0.25, 0.3) is 0 Å². The van der Waals surface area contributed by atoms with Crippen molar-refractivity contribution in [2.24, 2.45) is 0 Å². The minimum Gasteiger partial charge on any atom is -0.367 e. The number of halogens is 4. The Labute approximate surface area is 147 Å². The molecular formula is C17H15ClF3N3O. The summed E-state index contributed by atoms with van der Waals surface area (Å²) >= 11 is 6.08. The SMILES string of the molecule is O=C(c1cccnc1)N1CCN(c2cc(C(F)(F)F)ccc2Cl)CC1. The number of piperazine rings is 1. The average Bonchev–Trinajstić information content (AvgIpc) is 2.61. The molecule has 2 heterocycles. The van der Waals surface area contributed by atoms with Gasteiger partial charge in [-0.1, -0.05) is 11.6 Å². The maximum Gasteiger partial charge on any atom is 0.416 e. The number of alkyl halides is 3. The molecule has 1 saturated heterocycles. The van der Waals surface area contributed by atoms with Crippen LogP contribution in [-0.2, 0) is 6.18 Å². The summed E-state index contributed by atoms with van der Waals surface area (Å²) in [7, 11) is 0. The lowest BCUT2D eigenvalue weighted by molar-refractivity contribution is -0.137. The van der Waals surface area contributed by atoms with Crippen LogP contribution in [-0.4, -0.2) is 42.0 Å². The molecule has 0 N–H and O–H groups in total. The Kier molecular flexibility index (Phi) is 4.85. The molecule has 1 aromatic heterocycles. The van der Waals surface area contributed by atoms with E-state index in [1.54, 1.807) is 28.1 Å². The first-order valence-corrected chi connectivity index (χ1v) is 8.05. The summed E-state index contributed by atoms with van der Waals surface area (Å²) < 4.78 is 38.7. The Hall–Kier alpha value is -2.28. The Morgan fingerprint density at radius 3 is 2.44 bits per heavy atom. The molecule has 0 spiro atoms. The summed E-state index contributed by atoms with van der Waals surface area (Å²) in [6, 6.07) is 6.65. The van der Waals surface area contributed by atoms with Crippen LogP contribution in [0.3, 0.4) is 0 Å². The summed E-state index contributed by atoms with van der Waals surface area (Å²) in [5.74, 6) is -0.136. The highest BCUT2D eigenvalue weighted by molar-refractivity contribution is 6.33. The number of hydrogen-bond acceptors (Lipinski definition) is 3. The lowest BCUT2D eigenvalue weighted by Gasteiger charge is -2.36. The first-order chi connectivity index (χ1) is 11.9. The number of benzene rings is 1. The van der Waals surface area contributed by atoms with Gasteiger partial charge in [0, 0.05) is 38.6 Å². The first-order valence-electron chi connectivity index (χ1n) is 7.67. The van der Waals surface area contributed by atoms with E-state index >= 15 is 0 Å². The van der Waals surface area contributed by atoms with Crippen molar-refractivity contribution in [2.45, 2.75) is 6.18 Å². The molecule has 0 unspecified atom stereocenters. The Balaban J connectivity index is 1.71. The highest BCUT2D eigenvalue weighted by atomic mass is 35.5. The minimum absolute atomic E-state index is 0.136. The van der Waals surface area contributed by atoms with E-state index in [0.29, 0.717) is 37.4 Å². The monoisotopic (exact) mass is 369 g/mol. The van der Waals surface area contributed by atoms with E-state index < -0.39 is 11.7 Å². The zero-order valence-corrected chi connectivity index (χ0v) is 13.9. The Morgan fingerprint density at radius 2 is 1.84 bits per heavy atom. The van der Waals surface area contributed by atoms with E-state index in [1.165, 1.54) is 12.3 Å². The summed E-state index contributed by atoms with van der Waals surface area (Å²) in [6.07, 6.45) is -1.33. The summed E-state index contributed by atoms with van der Waals surface area (Å²) in [6.45, 7) is 1.63. The zero-order valence-electron chi connectivity index (χ0n) is 13.1. The lowest BCUT2D eigenvalue weighted by atomic mass is 10.1. The van der Waals surface area contributed by atoms with Crippen molar-refractivity contribution in [1.29, 1.82) is 0 Å². The number of carbonyl (C=O) groups is 1. The summed E-state index contributed by atoms with van der Waals surface area (Å²) in [5.41, 5.74) is 0.0961. The van der Waals surface area contributed by atoms with E-state index in [9.17, 15) is 18.0 Å². The molecule has 1 aliphatic heterocycles. The second-order valence-electron chi connectivity index (χ2n) is 5.68. The maximum atomic E-state index is 12.9. The topological polar surface area (TPSA) is 36.4 Å². The van der Waals surface area contributed by atoms with Crippen molar-refractivity contribution in [3.63, 3.8) is 0 Å². The molecule has 3 rings (SSSR count). The molecule has 0 bridgehead atoms. The number of anilines is 1.